The quantitative estimate of drug-likeness (QED) is 0.748. The van der Waals surface area contributed by atoms with E-state index in [4.69, 9.17) is 11.6 Å². The molecule has 0 saturated carbocycles. The van der Waals surface area contributed by atoms with Crippen LogP contribution in [0.15, 0.2) is 35.9 Å². The van der Waals surface area contributed by atoms with Gasteiger partial charge in [0.1, 0.15) is 0 Å². The first-order valence-electron chi connectivity index (χ1n) is 8.03. The summed E-state index contributed by atoms with van der Waals surface area (Å²) in [6.45, 7) is 0.109. The van der Waals surface area contributed by atoms with E-state index in [-0.39, 0.29) is 6.54 Å². The van der Waals surface area contributed by atoms with E-state index in [0.29, 0.717) is 23.7 Å². The van der Waals surface area contributed by atoms with E-state index in [1.54, 1.807) is 24.3 Å². The van der Waals surface area contributed by atoms with Gasteiger partial charge in [-0.2, -0.15) is 4.31 Å². The van der Waals surface area contributed by atoms with Crippen molar-refractivity contribution < 1.29 is 13.2 Å². The molecule has 24 heavy (non-hydrogen) atoms. The molecule has 0 aliphatic heterocycles. The minimum atomic E-state index is -3.45. The summed E-state index contributed by atoms with van der Waals surface area (Å²) >= 11 is 6.00. The van der Waals surface area contributed by atoms with Crippen LogP contribution in [0.4, 0.5) is 5.69 Å². The topological polar surface area (TPSA) is 66.5 Å². The largest absolute Gasteiger partial charge is 0.324 e. The van der Waals surface area contributed by atoms with Gasteiger partial charge in [0.2, 0.25) is 15.9 Å². The van der Waals surface area contributed by atoms with Gasteiger partial charge in [-0.1, -0.05) is 35.4 Å². The molecule has 0 fully saturated rings. The van der Waals surface area contributed by atoms with Crippen molar-refractivity contribution in [2.75, 3.05) is 24.7 Å². The van der Waals surface area contributed by atoms with E-state index < -0.39 is 15.9 Å². The third kappa shape index (κ3) is 5.92. The first-order chi connectivity index (χ1) is 11.4. The molecule has 0 aromatic heterocycles. The Hall–Kier alpha value is -1.37. The molecule has 1 aliphatic rings. The molecule has 1 aromatic rings. The zero-order valence-corrected chi connectivity index (χ0v) is 15.4. The molecule has 0 bridgehead atoms. The molecule has 1 aliphatic carbocycles. The molecule has 1 amide bonds. The van der Waals surface area contributed by atoms with Crippen LogP contribution in [-0.2, 0) is 14.8 Å². The second-order valence-corrected chi connectivity index (χ2v) is 8.37. The third-order valence-electron chi connectivity index (χ3n) is 4.00. The van der Waals surface area contributed by atoms with Crippen molar-refractivity contribution in [3.05, 3.63) is 40.9 Å². The monoisotopic (exact) mass is 370 g/mol. The highest BCUT2D eigenvalue weighted by Crippen LogP contribution is 2.22. The summed E-state index contributed by atoms with van der Waals surface area (Å²) in [6.07, 6.45) is 8.41. The van der Waals surface area contributed by atoms with Crippen molar-refractivity contribution in [2.24, 2.45) is 0 Å². The highest BCUT2D eigenvalue weighted by Gasteiger charge is 2.21. The van der Waals surface area contributed by atoms with Crippen molar-refractivity contribution in [2.45, 2.75) is 32.1 Å². The highest BCUT2D eigenvalue weighted by molar-refractivity contribution is 7.88. The number of allylic oxidation sites excluding steroid dienone is 1. The summed E-state index contributed by atoms with van der Waals surface area (Å²) in [7, 11) is -3.45. The predicted octanol–water partition coefficient (Wildman–Crippen LogP) is 3.43. The van der Waals surface area contributed by atoms with Crippen molar-refractivity contribution in [3.63, 3.8) is 0 Å². The lowest BCUT2D eigenvalue weighted by atomic mass is 9.97. The molecule has 0 spiro atoms. The van der Waals surface area contributed by atoms with Crippen LogP contribution in [0.25, 0.3) is 0 Å². The lowest BCUT2D eigenvalue weighted by molar-refractivity contribution is -0.116. The first kappa shape index (κ1) is 19.0. The van der Waals surface area contributed by atoms with Gasteiger partial charge in [0.25, 0.3) is 0 Å². The average molecular weight is 371 g/mol. The van der Waals surface area contributed by atoms with Gasteiger partial charge in [0.15, 0.2) is 0 Å². The number of hydrogen-bond acceptors (Lipinski definition) is 3. The van der Waals surface area contributed by atoms with Gasteiger partial charge in [-0.15, -0.1) is 0 Å². The molecule has 0 atom stereocenters. The maximum atomic E-state index is 12.2. The third-order valence-corrected chi connectivity index (χ3v) is 5.58. The number of nitrogens with one attached hydrogen (secondary N) is 1. The molecule has 2 rings (SSSR count). The number of carbonyl (C=O) groups excluding carboxylic acids is 1. The number of hydrogen-bond donors (Lipinski definition) is 1. The number of rotatable bonds is 7. The van der Waals surface area contributed by atoms with Crippen LogP contribution in [0, 0.1) is 0 Å². The van der Waals surface area contributed by atoms with Gasteiger partial charge in [0.05, 0.1) is 23.5 Å². The second kappa shape index (κ2) is 8.65. The fraction of sp³-hybridized carbons (Fsp3) is 0.471. The second-order valence-electron chi connectivity index (χ2n) is 5.98. The predicted molar refractivity (Wildman–Crippen MR) is 97.7 cm³/mol. The van der Waals surface area contributed by atoms with E-state index in [1.807, 2.05) is 0 Å². The van der Waals surface area contributed by atoms with Gasteiger partial charge in [-0.05, 0) is 44.2 Å². The summed E-state index contributed by atoms with van der Waals surface area (Å²) in [4.78, 5) is 12.2. The number of carbonyl (C=O) groups is 1. The molecule has 7 heteroatoms. The van der Waals surface area contributed by atoms with Crippen molar-refractivity contribution in [1.29, 1.82) is 0 Å². The Morgan fingerprint density at radius 1 is 1.29 bits per heavy atom. The molecule has 1 N–H and O–H groups in total. The SMILES string of the molecule is CS(=O)(=O)N(CCC1=CCCCC1)CC(=O)Nc1ccccc1Cl. The van der Waals surface area contributed by atoms with Crippen LogP contribution in [0.1, 0.15) is 32.1 Å². The molecular weight excluding hydrogens is 348 g/mol. The molecular formula is C17H23ClN2O3S. The fourth-order valence-corrected chi connectivity index (χ4v) is 3.63. The van der Waals surface area contributed by atoms with Crippen molar-refractivity contribution >= 4 is 33.2 Å². The van der Waals surface area contributed by atoms with Crippen LogP contribution in [-0.4, -0.2) is 38.0 Å². The highest BCUT2D eigenvalue weighted by atomic mass is 35.5. The molecule has 0 saturated heterocycles. The zero-order chi connectivity index (χ0) is 17.6. The van der Waals surface area contributed by atoms with Gasteiger partial charge in [-0.25, -0.2) is 8.42 Å². The number of nitrogens with zero attached hydrogens (tertiary/aromatic N) is 1. The number of benzene rings is 1. The molecule has 0 heterocycles. The number of anilines is 1. The van der Waals surface area contributed by atoms with Gasteiger partial charge in [0, 0.05) is 6.54 Å². The van der Waals surface area contributed by atoms with E-state index in [9.17, 15) is 13.2 Å². The molecule has 132 valence electrons. The summed E-state index contributed by atoms with van der Waals surface area (Å²) < 4.78 is 25.1. The van der Waals surface area contributed by atoms with Crippen molar-refractivity contribution in [1.82, 2.24) is 4.31 Å². The standard InChI is InChI=1S/C17H23ClN2O3S/c1-24(22,23)20(12-11-14-7-3-2-4-8-14)13-17(21)19-16-10-6-5-9-15(16)18/h5-7,9-10H,2-4,8,11-13H2,1H3,(H,19,21). The smallest absolute Gasteiger partial charge is 0.239 e. The first-order valence-corrected chi connectivity index (χ1v) is 10.3. The van der Waals surface area contributed by atoms with Crippen LogP contribution in [0.3, 0.4) is 0 Å². The zero-order valence-electron chi connectivity index (χ0n) is 13.8. The maximum Gasteiger partial charge on any atom is 0.239 e. The van der Waals surface area contributed by atoms with Crippen LogP contribution >= 0.6 is 11.6 Å². The Morgan fingerprint density at radius 3 is 2.67 bits per heavy atom. The van der Waals surface area contributed by atoms with E-state index in [2.05, 4.69) is 11.4 Å². The minimum absolute atomic E-state index is 0.211. The summed E-state index contributed by atoms with van der Waals surface area (Å²) in [6, 6.07) is 6.86. The molecule has 1 aromatic carbocycles. The normalized spacial score (nSPS) is 15.2. The Balaban J connectivity index is 1.97. The molecule has 0 unspecified atom stereocenters. The number of amides is 1. The van der Waals surface area contributed by atoms with E-state index >= 15 is 0 Å². The Labute approximate surface area is 148 Å². The maximum absolute atomic E-state index is 12.2. The van der Waals surface area contributed by atoms with E-state index in [0.717, 1.165) is 25.5 Å². The summed E-state index contributed by atoms with van der Waals surface area (Å²) in [5, 5.41) is 3.08. The van der Waals surface area contributed by atoms with Gasteiger partial charge >= 0.3 is 0 Å². The molecule has 0 radical (unpaired) electrons. The fourth-order valence-electron chi connectivity index (χ4n) is 2.67. The Morgan fingerprint density at radius 2 is 2.04 bits per heavy atom. The van der Waals surface area contributed by atoms with Crippen LogP contribution in [0.5, 0.6) is 0 Å². The van der Waals surface area contributed by atoms with E-state index in [1.165, 1.54) is 16.3 Å². The van der Waals surface area contributed by atoms with Gasteiger partial charge in [-0.3, -0.25) is 4.79 Å². The number of sulfonamides is 1. The molecule has 5 nitrogen and oxygen atoms in total. The summed E-state index contributed by atoms with van der Waals surface area (Å²) in [5.74, 6) is -0.397. The Kier molecular flexibility index (Phi) is 6.83. The lowest BCUT2D eigenvalue weighted by Crippen LogP contribution is -2.38. The number of para-hydroxylation sites is 1. The minimum Gasteiger partial charge on any atom is -0.324 e. The average Bonchev–Trinajstić information content (AvgIpc) is 2.53. The van der Waals surface area contributed by atoms with Crippen LogP contribution < -0.4 is 5.32 Å². The van der Waals surface area contributed by atoms with Gasteiger partial charge < -0.3 is 5.32 Å². The lowest BCUT2D eigenvalue weighted by Gasteiger charge is -2.21. The van der Waals surface area contributed by atoms with Crippen molar-refractivity contribution in [3.8, 4) is 0 Å². The van der Waals surface area contributed by atoms with Crippen LogP contribution in [0.2, 0.25) is 5.02 Å². The Bertz CT molecular complexity index is 716. The summed E-state index contributed by atoms with van der Waals surface area (Å²) in [5.41, 5.74) is 1.76. The number of halogens is 1.